The number of aryl methyl sites for hydroxylation is 1. The van der Waals surface area contributed by atoms with Gasteiger partial charge in [-0.15, -0.1) is 0 Å². The van der Waals surface area contributed by atoms with E-state index in [1.807, 2.05) is 19.1 Å². The number of sulfonamides is 1. The number of benzene rings is 1. The second-order valence-corrected chi connectivity index (χ2v) is 8.85. The van der Waals surface area contributed by atoms with Crippen LogP contribution in [0, 0.1) is 24.7 Å². The molecule has 0 amide bonds. The smallest absolute Gasteiger partial charge is 0.264 e. The molecule has 1 aliphatic heterocycles. The Labute approximate surface area is 133 Å². The summed E-state index contributed by atoms with van der Waals surface area (Å²) in [6.07, 6.45) is 8.40. The number of hydrogen-bond acceptors (Lipinski definition) is 2. The Morgan fingerprint density at radius 3 is 2.55 bits per heavy atom. The first-order chi connectivity index (χ1) is 10.6. The van der Waals surface area contributed by atoms with Gasteiger partial charge in [0.15, 0.2) is 0 Å². The third-order valence-corrected chi connectivity index (χ3v) is 7.54. The minimum absolute atomic E-state index is 0.425. The molecule has 1 heterocycles. The van der Waals surface area contributed by atoms with Crippen molar-refractivity contribution < 1.29 is 8.42 Å². The molecule has 4 rings (SSSR count). The van der Waals surface area contributed by atoms with Crippen LogP contribution in [0.4, 0.5) is 0 Å². The third-order valence-electron chi connectivity index (χ3n) is 5.70. The van der Waals surface area contributed by atoms with Gasteiger partial charge in [0.2, 0.25) is 0 Å². The van der Waals surface area contributed by atoms with Crippen molar-refractivity contribution >= 4 is 10.0 Å². The summed E-state index contributed by atoms with van der Waals surface area (Å²) < 4.78 is 27.7. The summed E-state index contributed by atoms with van der Waals surface area (Å²) in [6, 6.07) is 7.23. The highest BCUT2D eigenvalue weighted by Gasteiger charge is 2.46. The maximum Gasteiger partial charge on any atom is 0.264 e. The number of rotatable bonds is 2. The average molecular weight is 317 g/mol. The van der Waals surface area contributed by atoms with Crippen LogP contribution in [-0.2, 0) is 10.0 Å². The van der Waals surface area contributed by atoms with Crippen molar-refractivity contribution in [3.63, 3.8) is 0 Å². The zero-order chi connectivity index (χ0) is 15.3. The summed E-state index contributed by atoms with van der Waals surface area (Å²) in [4.78, 5) is 0.425. The summed E-state index contributed by atoms with van der Waals surface area (Å²) in [5, 5.41) is 0. The van der Waals surface area contributed by atoms with Gasteiger partial charge in [-0.2, -0.15) is 0 Å². The van der Waals surface area contributed by atoms with Gasteiger partial charge in [0.1, 0.15) is 0 Å². The Bertz CT molecular complexity index is 705. The Morgan fingerprint density at radius 2 is 1.77 bits per heavy atom. The Morgan fingerprint density at radius 1 is 1.05 bits per heavy atom. The van der Waals surface area contributed by atoms with Gasteiger partial charge in [-0.1, -0.05) is 36.6 Å². The largest absolute Gasteiger partial charge is 0.270 e. The van der Waals surface area contributed by atoms with Gasteiger partial charge in [-0.3, -0.25) is 4.31 Å². The van der Waals surface area contributed by atoms with E-state index in [2.05, 4.69) is 6.08 Å². The molecule has 2 fully saturated rings. The Hall–Kier alpha value is -1.29. The first-order valence-corrected chi connectivity index (χ1v) is 9.82. The van der Waals surface area contributed by atoms with Crippen molar-refractivity contribution in [2.75, 3.05) is 6.54 Å². The molecule has 0 spiro atoms. The molecule has 1 aromatic carbocycles. The Kier molecular flexibility index (Phi) is 3.33. The molecule has 3 nitrogen and oxygen atoms in total. The van der Waals surface area contributed by atoms with Crippen LogP contribution in [0.5, 0.6) is 0 Å². The van der Waals surface area contributed by atoms with Crippen LogP contribution in [-0.4, -0.2) is 19.3 Å². The predicted octanol–water partition coefficient (Wildman–Crippen LogP) is 3.71. The van der Waals surface area contributed by atoms with Crippen LogP contribution in [0.3, 0.4) is 0 Å². The van der Waals surface area contributed by atoms with Crippen molar-refractivity contribution in [2.45, 2.75) is 43.9 Å². The highest BCUT2D eigenvalue weighted by molar-refractivity contribution is 7.89. The highest BCUT2D eigenvalue weighted by Crippen LogP contribution is 2.51. The normalized spacial score (nSPS) is 30.9. The lowest BCUT2D eigenvalue weighted by molar-refractivity contribution is 0.244. The van der Waals surface area contributed by atoms with E-state index in [1.54, 1.807) is 16.4 Å². The van der Waals surface area contributed by atoms with E-state index >= 15 is 0 Å². The molecule has 1 saturated heterocycles. The number of allylic oxidation sites excluding steroid dienone is 2. The quantitative estimate of drug-likeness (QED) is 0.834. The molecule has 1 saturated carbocycles. The molecule has 3 aliphatic rings. The summed E-state index contributed by atoms with van der Waals surface area (Å²) >= 11 is 0. The van der Waals surface area contributed by atoms with Crippen molar-refractivity contribution in [3.05, 3.63) is 41.6 Å². The molecular formula is C18H23NO2S. The van der Waals surface area contributed by atoms with E-state index in [-0.39, 0.29) is 0 Å². The molecule has 1 aromatic rings. The van der Waals surface area contributed by atoms with Crippen LogP contribution in [0.15, 0.2) is 40.9 Å². The SMILES string of the molecule is Cc1ccc(S(=O)(=O)N2CC[C@@H]3C2=C[C@@H]2CCCC[C@@H]23)cc1. The molecule has 4 heteroatoms. The average Bonchev–Trinajstić information content (AvgIpc) is 3.06. The molecule has 0 radical (unpaired) electrons. The Balaban J connectivity index is 1.67. The molecular weight excluding hydrogens is 294 g/mol. The molecule has 0 aromatic heterocycles. The van der Waals surface area contributed by atoms with Crippen LogP contribution < -0.4 is 0 Å². The highest BCUT2D eigenvalue weighted by atomic mass is 32.2. The van der Waals surface area contributed by atoms with Crippen molar-refractivity contribution in [2.24, 2.45) is 17.8 Å². The minimum Gasteiger partial charge on any atom is -0.270 e. The van der Waals surface area contributed by atoms with Crippen LogP contribution in [0.25, 0.3) is 0 Å². The number of nitrogens with zero attached hydrogens (tertiary/aromatic N) is 1. The second-order valence-electron chi connectivity index (χ2n) is 6.99. The third kappa shape index (κ3) is 2.11. The van der Waals surface area contributed by atoms with Gasteiger partial charge in [0.05, 0.1) is 4.90 Å². The van der Waals surface area contributed by atoms with E-state index in [0.717, 1.165) is 17.7 Å². The lowest BCUT2D eigenvalue weighted by atomic mass is 9.76. The molecule has 0 unspecified atom stereocenters. The fourth-order valence-electron chi connectivity index (χ4n) is 4.57. The van der Waals surface area contributed by atoms with E-state index in [9.17, 15) is 8.42 Å². The second kappa shape index (κ2) is 5.12. The zero-order valence-electron chi connectivity index (χ0n) is 13.0. The van der Waals surface area contributed by atoms with Crippen molar-refractivity contribution in [1.82, 2.24) is 4.31 Å². The maximum absolute atomic E-state index is 13.0. The van der Waals surface area contributed by atoms with Crippen LogP contribution in [0.2, 0.25) is 0 Å². The first kappa shape index (κ1) is 14.3. The zero-order valence-corrected chi connectivity index (χ0v) is 13.8. The van der Waals surface area contributed by atoms with Gasteiger partial charge in [0.25, 0.3) is 10.0 Å². The minimum atomic E-state index is -3.39. The van der Waals surface area contributed by atoms with Crippen molar-refractivity contribution in [3.8, 4) is 0 Å². The van der Waals surface area contributed by atoms with Gasteiger partial charge in [0, 0.05) is 18.2 Å². The van der Waals surface area contributed by atoms with Crippen LogP contribution in [0.1, 0.15) is 37.7 Å². The number of hydrogen-bond donors (Lipinski definition) is 0. The van der Waals surface area contributed by atoms with Gasteiger partial charge in [-0.25, -0.2) is 8.42 Å². The molecule has 22 heavy (non-hydrogen) atoms. The molecule has 0 N–H and O–H groups in total. The van der Waals surface area contributed by atoms with Gasteiger partial charge in [-0.05, 0) is 50.2 Å². The molecule has 0 bridgehead atoms. The van der Waals surface area contributed by atoms with E-state index in [4.69, 9.17) is 0 Å². The van der Waals surface area contributed by atoms with E-state index in [0.29, 0.717) is 29.2 Å². The summed E-state index contributed by atoms with van der Waals surface area (Å²) in [5.74, 6) is 1.79. The lowest BCUT2D eigenvalue weighted by Gasteiger charge is -2.28. The van der Waals surface area contributed by atoms with Gasteiger partial charge >= 0.3 is 0 Å². The standard InChI is InChI=1S/C18H23NO2S/c1-13-6-8-15(9-7-13)22(20,21)19-11-10-17-16-5-3-2-4-14(16)12-18(17)19/h6-9,12,14,16-17H,2-5,10-11H2,1H3/t14-,16-,17-/m0/s1. The number of fused-ring (bicyclic) bond motifs is 3. The van der Waals surface area contributed by atoms with Gasteiger partial charge < -0.3 is 0 Å². The van der Waals surface area contributed by atoms with E-state index < -0.39 is 10.0 Å². The van der Waals surface area contributed by atoms with Crippen molar-refractivity contribution in [1.29, 1.82) is 0 Å². The fourth-order valence-corrected chi connectivity index (χ4v) is 6.12. The lowest BCUT2D eigenvalue weighted by Crippen LogP contribution is -2.27. The first-order valence-electron chi connectivity index (χ1n) is 8.38. The predicted molar refractivity (Wildman–Crippen MR) is 86.7 cm³/mol. The molecule has 118 valence electrons. The molecule has 3 atom stereocenters. The van der Waals surface area contributed by atoms with Crippen LogP contribution >= 0.6 is 0 Å². The fraction of sp³-hybridized carbons (Fsp3) is 0.556. The van der Waals surface area contributed by atoms with E-state index in [1.165, 1.54) is 25.7 Å². The summed E-state index contributed by atoms with van der Waals surface area (Å²) in [7, 11) is -3.39. The monoisotopic (exact) mass is 317 g/mol. The molecule has 2 aliphatic carbocycles. The maximum atomic E-state index is 13.0. The summed E-state index contributed by atoms with van der Waals surface area (Å²) in [6.45, 7) is 2.63. The summed E-state index contributed by atoms with van der Waals surface area (Å²) in [5.41, 5.74) is 2.18. The topological polar surface area (TPSA) is 37.4 Å².